The summed E-state index contributed by atoms with van der Waals surface area (Å²) in [6.07, 6.45) is 0.861. The van der Waals surface area contributed by atoms with Crippen molar-refractivity contribution in [3.05, 3.63) is 23.8 Å². The molecule has 1 aromatic carbocycles. The van der Waals surface area contributed by atoms with E-state index in [1.165, 1.54) is 5.56 Å². The van der Waals surface area contributed by atoms with Crippen LogP contribution >= 0.6 is 12.4 Å². The molecule has 0 unspecified atom stereocenters. The highest BCUT2D eigenvalue weighted by atomic mass is 35.5. The Bertz CT molecular complexity index is 279. The summed E-state index contributed by atoms with van der Waals surface area (Å²) >= 11 is 0. The fraction of sp³-hybridized carbons (Fsp3) is 0.400. The molecule has 0 aromatic heterocycles. The number of nitrogens with two attached hydrogens (primary N) is 1. The van der Waals surface area contributed by atoms with Crippen LogP contribution in [0.5, 0.6) is 11.5 Å². The molecule has 0 aliphatic rings. The minimum atomic E-state index is 0. The Hall–Kier alpha value is -0.930. The van der Waals surface area contributed by atoms with Crippen LogP contribution in [0.2, 0.25) is 0 Å². The van der Waals surface area contributed by atoms with E-state index in [4.69, 9.17) is 15.2 Å². The van der Waals surface area contributed by atoms with Gasteiger partial charge in [0.1, 0.15) is 0 Å². The molecular formula is C10H16ClNO2. The minimum Gasteiger partial charge on any atom is -0.493 e. The van der Waals surface area contributed by atoms with Crippen molar-refractivity contribution < 1.29 is 9.47 Å². The van der Waals surface area contributed by atoms with Crippen LogP contribution in [0.1, 0.15) is 5.56 Å². The quantitative estimate of drug-likeness (QED) is 0.834. The van der Waals surface area contributed by atoms with E-state index in [9.17, 15) is 0 Å². The number of methoxy groups -OCH3 is 2. The topological polar surface area (TPSA) is 44.5 Å². The number of ether oxygens (including phenoxy) is 2. The van der Waals surface area contributed by atoms with Gasteiger partial charge in [-0.15, -0.1) is 12.4 Å². The van der Waals surface area contributed by atoms with E-state index in [0.717, 1.165) is 17.9 Å². The third-order valence-electron chi connectivity index (χ3n) is 1.88. The van der Waals surface area contributed by atoms with Crippen LogP contribution in [0.15, 0.2) is 18.2 Å². The SMILES string of the molecule is COc1ccc(CCN)cc1OC.Cl. The Labute approximate surface area is 90.6 Å². The molecule has 4 heteroatoms. The zero-order valence-corrected chi connectivity index (χ0v) is 9.26. The van der Waals surface area contributed by atoms with Crippen molar-refractivity contribution in [2.75, 3.05) is 20.8 Å². The summed E-state index contributed by atoms with van der Waals surface area (Å²) in [5, 5.41) is 0. The Kier molecular flexibility index (Phi) is 6.08. The molecule has 0 aliphatic heterocycles. The fourth-order valence-corrected chi connectivity index (χ4v) is 1.20. The first-order valence-corrected chi connectivity index (χ1v) is 4.22. The van der Waals surface area contributed by atoms with Gasteiger partial charge in [0.2, 0.25) is 0 Å². The zero-order valence-electron chi connectivity index (χ0n) is 8.45. The van der Waals surface area contributed by atoms with Crippen molar-refractivity contribution in [3.8, 4) is 11.5 Å². The summed E-state index contributed by atoms with van der Waals surface area (Å²) in [5.41, 5.74) is 6.62. The van der Waals surface area contributed by atoms with Crippen LogP contribution in [-0.2, 0) is 6.42 Å². The molecule has 0 fully saturated rings. The predicted octanol–water partition coefficient (Wildman–Crippen LogP) is 1.63. The number of hydrogen-bond donors (Lipinski definition) is 1. The highest BCUT2D eigenvalue weighted by Crippen LogP contribution is 2.27. The molecule has 2 N–H and O–H groups in total. The molecule has 0 amide bonds. The average Bonchev–Trinajstić information content (AvgIpc) is 2.18. The van der Waals surface area contributed by atoms with E-state index in [1.807, 2.05) is 18.2 Å². The van der Waals surface area contributed by atoms with E-state index < -0.39 is 0 Å². The molecule has 0 saturated heterocycles. The van der Waals surface area contributed by atoms with Crippen LogP contribution in [-0.4, -0.2) is 20.8 Å². The van der Waals surface area contributed by atoms with Gasteiger partial charge in [-0.05, 0) is 30.7 Å². The largest absolute Gasteiger partial charge is 0.493 e. The summed E-state index contributed by atoms with van der Waals surface area (Å²) in [5.74, 6) is 1.51. The second kappa shape index (κ2) is 6.51. The maximum Gasteiger partial charge on any atom is 0.160 e. The first kappa shape index (κ1) is 13.1. The average molecular weight is 218 g/mol. The second-order valence-electron chi connectivity index (χ2n) is 2.73. The van der Waals surface area contributed by atoms with E-state index in [-0.39, 0.29) is 12.4 Å². The molecule has 1 rings (SSSR count). The lowest BCUT2D eigenvalue weighted by atomic mass is 10.1. The lowest BCUT2D eigenvalue weighted by Crippen LogP contribution is -2.03. The van der Waals surface area contributed by atoms with Gasteiger partial charge >= 0.3 is 0 Å². The van der Waals surface area contributed by atoms with E-state index >= 15 is 0 Å². The normalized spacial score (nSPS) is 9.07. The fourth-order valence-electron chi connectivity index (χ4n) is 1.20. The molecule has 0 bridgehead atoms. The highest BCUT2D eigenvalue weighted by Gasteiger charge is 2.03. The van der Waals surface area contributed by atoms with Gasteiger partial charge in [0.25, 0.3) is 0 Å². The van der Waals surface area contributed by atoms with Crippen LogP contribution in [0.4, 0.5) is 0 Å². The van der Waals surface area contributed by atoms with Crippen LogP contribution in [0.3, 0.4) is 0 Å². The monoisotopic (exact) mass is 217 g/mol. The molecule has 0 aliphatic carbocycles. The first-order valence-electron chi connectivity index (χ1n) is 4.22. The molecule has 0 radical (unpaired) electrons. The molecule has 14 heavy (non-hydrogen) atoms. The number of benzene rings is 1. The third kappa shape index (κ3) is 3.09. The van der Waals surface area contributed by atoms with Crippen LogP contribution in [0.25, 0.3) is 0 Å². The summed E-state index contributed by atoms with van der Waals surface area (Å²) in [6, 6.07) is 5.84. The summed E-state index contributed by atoms with van der Waals surface area (Å²) in [6.45, 7) is 0.648. The van der Waals surface area contributed by atoms with Gasteiger partial charge in [-0.25, -0.2) is 0 Å². The predicted molar refractivity (Wildman–Crippen MR) is 59.6 cm³/mol. The Balaban J connectivity index is 0.00000169. The Morgan fingerprint density at radius 2 is 1.79 bits per heavy atom. The third-order valence-corrected chi connectivity index (χ3v) is 1.88. The summed E-state index contributed by atoms with van der Waals surface area (Å²) in [7, 11) is 3.25. The van der Waals surface area contributed by atoms with Crippen molar-refractivity contribution in [2.45, 2.75) is 6.42 Å². The summed E-state index contributed by atoms with van der Waals surface area (Å²) in [4.78, 5) is 0. The van der Waals surface area contributed by atoms with Crippen molar-refractivity contribution in [3.63, 3.8) is 0 Å². The van der Waals surface area contributed by atoms with Crippen LogP contribution < -0.4 is 15.2 Å². The molecule has 0 heterocycles. The van der Waals surface area contributed by atoms with E-state index in [1.54, 1.807) is 14.2 Å². The molecule has 0 saturated carbocycles. The molecule has 0 spiro atoms. The molecule has 0 atom stereocenters. The molecule has 80 valence electrons. The Morgan fingerprint density at radius 3 is 2.29 bits per heavy atom. The maximum atomic E-state index is 5.45. The van der Waals surface area contributed by atoms with Gasteiger partial charge in [0.05, 0.1) is 14.2 Å². The maximum absolute atomic E-state index is 5.45. The smallest absolute Gasteiger partial charge is 0.160 e. The highest BCUT2D eigenvalue weighted by molar-refractivity contribution is 5.85. The lowest BCUT2D eigenvalue weighted by Gasteiger charge is -2.08. The number of halogens is 1. The van der Waals surface area contributed by atoms with E-state index in [2.05, 4.69) is 0 Å². The lowest BCUT2D eigenvalue weighted by molar-refractivity contribution is 0.354. The molecular weight excluding hydrogens is 202 g/mol. The zero-order chi connectivity index (χ0) is 9.68. The first-order chi connectivity index (χ1) is 6.31. The summed E-state index contributed by atoms with van der Waals surface area (Å²) < 4.78 is 10.3. The Morgan fingerprint density at radius 1 is 1.14 bits per heavy atom. The second-order valence-corrected chi connectivity index (χ2v) is 2.73. The van der Waals surface area contributed by atoms with Crippen LogP contribution in [0, 0.1) is 0 Å². The van der Waals surface area contributed by atoms with Gasteiger partial charge in [0.15, 0.2) is 11.5 Å². The number of hydrogen-bond acceptors (Lipinski definition) is 3. The van der Waals surface area contributed by atoms with Gasteiger partial charge in [-0.2, -0.15) is 0 Å². The van der Waals surface area contributed by atoms with Crippen molar-refractivity contribution in [2.24, 2.45) is 5.73 Å². The molecule has 1 aromatic rings. The molecule has 3 nitrogen and oxygen atoms in total. The standard InChI is InChI=1S/C10H15NO2.ClH/c1-12-9-4-3-8(5-6-11)7-10(9)13-2;/h3-4,7H,5-6,11H2,1-2H3;1H. The van der Waals surface area contributed by atoms with Crippen molar-refractivity contribution in [1.29, 1.82) is 0 Å². The van der Waals surface area contributed by atoms with Gasteiger partial charge < -0.3 is 15.2 Å². The van der Waals surface area contributed by atoms with Gasteiger partial charge in [0, 0.05) is 0 Å². The van der Waals surface area contributed by atoms with Gasteiger partial charge in [-0.1, -0.05) is 6.07 Å². The minimum absolute atomic E-state index is 0. The van der Waals surface area contributed by atoms with Gasteiger partial charge in [-0.3, -0.25) is 0 Å². The van der Waals surface area contributed by atoms with Crippen molar-refractivity contribution >= 4 is 12.4 Å². The number of rotatable bonds is 4. The van der Waals surface area contributed by atoms with E-state index in [0.29, 0.717) is 6.54 Å². The van der Waals surface area contributed by atoms with Crippen molar-refractivity contribution in [1.82, 2.24) is 0 Å².